The monoisotopic (exact) mass is 586 g/mol. The van der Waals surface area contributed by atoms with Crippen molar-refractivity contribution in [1.82, 2.24) is 4.90 Å². The highest BCUT2D eigenvalue weighted by molar-refractivity contribution is 9.10. The molecule has 1 N–H and O–H groups in total. The fraction of sp³-hybridized carbons (Fsp3) is 0.115. The Balaban J connectivity index is 1.47. The molecule has 1 fully saturated rings. The van der Waals surface area contributed by atoms with E-state index < -0.39 is 23.6 Å². The number of amides is 3. The van der Waals surface area contributed by atoms with Crippen LogP contribution < -0.4 is 14.8 Å². The zero-order chi connectivity index (χ0) is 25.7. The predicted molar refractivity (Wildman–Crippen MR) is 144 cm³/mol. The third-order valence-corrected chi connectivity index (χ3v) is 6.79. The van der Waals surface area contributed by atoms with Gasteiger partial charge in [-0.3, -0.25) is 19.3 Å². The Labute approximate surface area is 225 Å². The first-order valence-corrected chi connectivity index (χ1v) is 12.7. The van der Waals surface area contributed by atoms with Gasteiger partial charge in [-0.15, -0.1) is 0 Å². The second-order valence-corrected chi connectivity index (χ2v) is 9.92. The molecule has 0 aliphatic carbocycles. The molecule has 1 aliphatic rings. The van der Waals surface area contributed by atoms with Gasteiger partial charge in [0.2, 0.25) is 5.91 Å². The quantitative estimate of drug-likeness (QED) is 0.309. The van der Waals surface area contributed by atoms with Gasteiger partial charge in [0.05, 0.1) is 16.5 Å². The number of benzene rings is 3. The molecule has 3 aromatic carbocycles. The third kappa shape index (κ3) is 6.29. The molecule has 1 aliphatic heterocycles. The van der Waals surface area contributed by atoms with E-state index in [4.69, 9.17) is 21.1 Å². The highest BCUT2D eigenvalue weighted by atomic mass is 79.9. The van der Waals surface area contributed by atoms with Crippen molar-refractivity contribution in [3.8, 4) is 11.5 Å². The van der Waals surface area contributed by atoms with Crippen molar-refractivity contribution in [1.29, 1.82) is 0 Å². The minimum atomic E-state index is -0.550. The van der Waals surface area contributed by atoms with Gasteiger partial charge >= 0.3 is 0 Å². The van der Waals surface area contributed by atoms with E-state index >= 15 is 0 Å². The Kier molecular flexibility index (Phi) is 8.35. The lowest BCUT2D eigenvalue weighted by Crippen LogP contribution is -2.36. The lowest BCUT2D eigenvalue weighted by Gasteiger charge is -2.14. The van der Waals surface area contributed by atoms with Gasteiger partial charge in [0.25, 0.3) is 11.1 Å². The molecule has 4 rings (SSSR count). The number of carbonyl (C=O) groups is 3. The van der Waals surface area contributed by atoms with Crippen LogP contribution in [-0.4, -0.2) is 35.6 Å². The zero-order valence-electron chi connectivity index (χ0n) is 19.0. The molecule has 36 heavy (non-hydrogen) atoms. The summed E-state index contributed by atoms with van der Waals surface area (Å²) in [7, 11) is 1.52. The van der Waals surface area contributed by atoms with Gasteiger partial charge in [0.15, 0.2) is 11.5 Å². The average Bonchev–Trinajstić information content (AvgIpc) is 3.11. The Hall–Kier alpha value is -3.27. The van der Waals surface area contributed by atoms with Gasteiger partial charge in [0, 0.05) is 10.7 Å². The number of rotatable bonds is 8. The molecular weight excluding hydrogens is 568 g/mol. The van der Waals surface area contributed by atoms with Gasteiger partial charge in [0.1, 0.15) is 13.2 Å². The largest absolute Gasteiger partial charge is 0.493 e. The summed E-state index contributed by atoms with van der Waals surface area (Å²) in [6.07, 6.45) is 1.58. The van der Waals surface area contributed by atoms with E-state index in [1.807, 2.05) is 30.3 Å². The molecular formula is C26H20BrClN2O5S. The molecule has 1 heterocycles. The van der Waals surface area contributed by atoms with Crippen LogP contribution in [0.3, 0.4) is 0 Å². The number of anilines is 1. The summed E-state index contributed by atoms with van der Waals surface area (Å²) in [4.78, 5) is 38.8. The fourth-order valence-electron chi connectivity index (χ4n) is 3.39. The standard InChI is InChI=1S/C26H20BrClN2O5S/c1-34-21-11-17(10-20(27)24(21)35-15-16-6-3-2-4-7-16)12-22-25(32)30(26(33)36-22)14-23(31)29-19-9-5-8-18(28)13-19/h2-13H,14-15H2,1H3,(H,29,31)/b22-12+. The second-order valence-electron chi connectivity index (χ2n) is 7.63. The third-order valence-electron chi connectivity index (χ3n) is 5.06. The van der Waals surface area contributed by atoms with E-state index in [1.165, 1.54) is 7.11 Å². The van der Waals surface area contributed by atoms with E-state index in [-0.39, 0.29) is 4.91 Å². The lowest BCUT2D eigenvalue weighted by molar-refractivity contribution is -0.127. The second kappa shape index (κ2) is 11.6. The number of methoxy groups -OCH3 is 1. The van der Waals surface area contributed by atoms with Crippen LogP contribution in [0.5, 0.6) is 11.5 Å². The van der Waals surface area contributed by atoms with Crippen LogP contribution in [0.4, 0.5) is 10.5 Å². The first kappa shape index (κ1) is 25.8. The van der Waals surface area contributed by atoms with E-state index in [9.17, 15) is 14.4 Å². The normalized spacial score (nSPS) is 14.3. The van der Waals surface area contributed by atoms with Crippen LogP contribution in [0.15, 0.2) is 76.1 Å². The molecule has 0 unspecified atom stereocenters. The summed E-state index contributed by atoms with van der Waals surface area (Å²) in [6, 6.07) is 19.8. The van der Waals surface area contributed by atoms with Crippen LogP contribution in [0.25, 0.3) is 6.08 Å². The van der Waals surface area contributed by atoms with Crippen molar-refractivity contribution in [2.75, 3.05) is 19.0 Å². The Morgan fingerprint density at radius 1 is 1.11 bits per heavy atom. The van der Waals surface area contributed by atoms with Crippen molar-refractivity contribution in [2.45, 2.75) is 6.61 Å². The summed E-state index contributed by atoms with van der Waals surface area (Å²) in [6.45, 7) is -0.0565. The maximum Gasteiger partial charge on any atom is 0.294 e. The average molecular weight is 588 g/mol. The van der Waals surface area contributed by atoms with Crippen LogP contribution >= 0.6 is 39.3 Å². The number of hydrogen-bond donors (Lipinski definition) is 1. The molecule has 3 aromatic rings. The molecule has 0 saturated carbocycles. The topological polar surface area (TPSA) is 84.9 Å². The number of nitrogens with one attached hydrogen (secondary N) is 1. The summed E-state index contributed by atoms with van der Waals surface area (Å²) in [5.41, 5.74) is 2.10. The van der Waals surface area contributed by atoms with E-state index in [2.05, 4.69) is 21.2 Å². The summed E-state index contributed by atoms with van der Waals surface area (Å²) in [5.74, 6) is -0.0770. The lowest BCUT2D eigenvalue weighted by atomic mass is 10.1. The molecule has 7 nitrogen and oxygen atoms in total. The number of imide groups is 1. The number of thioether (sulfide) groups is 1. The molecule has 0 bridgehead atoms. The van der Waals surface area contributed by atoms with Gasteiger partial charge < -0.3 is 14.8 Å². The predicted octanol–water partition coefficient (Wildman–Crippen LogP) is 6.37. The first-order chi connectivity index (χ1) is 17.3. The van der Waals surface area contributed by atoms with Crippen molar-refractivity contribution < 1.29 is 23.9 Å². The summed E-state index contributed by atoms with van der Waals surface area (Å²) < 4.78 is 12.1. The number of nitrogens with zero attached hydrogens (tertiary/aromatic N) is 1. The van der Waals surface area contributed by atoms with Crippen molar-refractivity contribution >= 4 is 68.1 Å². The zero-order valence-corrected chi connectivity index (χ0v) is 22.2. The maximum atomic E-state index is 12.9. The number of ether oxygens (including phenoxy) is 2. The molecule has 10 heteroatoms. The first-order valence-electron chi connectivity index (χ1n) is 10.7. The smallest absolute Gasteiger partial charge is 0.294 e. The highest BCUT2D eigenvalue weighted by Crippen LogP contribution is 2.39. The Morgan fingerprint density at radius 2 is 1.89 bits per heavy atom. The minimum Gasteiger partial charge on any atom is -0.493 e. The van der Waals surface area contributed by atoms with Gasteiger partial charge in [-0.25, -0.2) is 0 Å². The maximum absolute atomic E-state index is 12.9. The van der Waals surface area contributed by atoms with Crippen molar-refractivity contribution in [3.05, 3.63) is 92.3 Å². The molecule has 3 amide bonds. The molecule has 184 valence electrons. The van der Waals surface area contributed by atoms with Crippen LogP contribution in [0.1, 0.15) is 11.1 Å². The number of hydrogen-bond acceptors (Lipinski definition) is 6. The Bertz CT molecular complexity index is 1350. The molecule has 1 saturated heterocycles. The number of carbonyl (C=O) groups excluding carboxylic acids is 3. The van der Waals surface area contributed by atoms with E-state index in [0.717, 1.165) is 22.2 Å². The summed E-state index contributed by atoms with van der Waals surface area (Å²) in [5, 5.41) is 2.56. The van der Waals surface area contributed by atoms with Crippen LogP contribution in [0.2, 0.25) is 5.02 Å². The van der Waals surface area contributed by atoms with Gasteiger partial charge in [-0.05, 0) is 75.2 Å². The number of halogens is 2. The van der Waals surface area contributed by atoms with Crippen molar-refractivity contribution in [3.63, 3.8) is 0 Å². The van der Waals surface area contributed by atoms with Gasteiger partial charge in [-0.2, -0.15) is 0 Å². The van der Waals surface area contributed by atoms with Crippen LogP contribution in [-0.2, 0) is 16.2 Å². The van der Waals surface area contributed by atoms with E-state index in [0.29, 0.717) is 38.9 Å². The molecule has 0 atom stereocenters. The fourth-order valence-corrected chi connectivity index (χ4v) is 4.99. The summed E-state index contributed by atoms with van der Waals surface area (Å²) >= 11 is 10.2. The van der Waals surface area contributed by atoms with Gasteiger partial charge in [-0.1, -0.05) is 48.0 Å². The van der Waals surface area contributed by atoms with E-state index in [1.54, 1.807) is 42.5 Å². The Morgan fingerprint density at radius 3 is 2.61 bits per heavy atom. The molecule has 0 spiro atoms. The van der Waals surface area contributed by atoms with Crippen LogP contribution in [0, 0.1) is 0 Å². The minimum absolute atomic E-state index is 0.197. The molecule has 0 radical (unpaired) electrons. The van der Waals surface area contributed by atoms with Crippen molar-refractivity contribution in [2.24, 2.45) is 0 Å². The highest BCUT2D eigenvalue weighted by Gasteiger charge is 2.36. The SMILES string of the molecule is COc1cc(/C=C2/SC(=O)N(CC(=O)Nc3cccc(Cl)c3)C2=O)cc(Br)c1OCc1ccccc1. The molecule has 0 aromatic heterocycles.